The summed E-state index contributed by atoms with van der Waals surface area (Å²) in [4.78, 5) is 11.3. The molecule has 2 unspecified atom stereocenters. The molecule has 5 heteroatoms. The van der Waals surface area contributed by atoms with E-state index < -0.39 is 11.6 Å². The predicted octanol–water partition coefficient (Wildman–Crippen LogP) is 2.28. The summed E-state index contributed by atoms with van der Waals surface area (Å²) in [6.07, 6.45) is 2.84. The quantitative estimate of drug-likeness (QED) is 0.872. The molecule has 1 aromatic rings. The van der Waals surface area contributed by atoms with Crippen LogP contribution in [0.1, 0.15) is 43.4 Å². The van der Waals surface area contributed by atoms with Gasteiger partial charge in [-0.1, -0.05) is 0 Å². The number of benzene rings is 1. The second-order valence-electron chi connectivity index (χ2n) is 5.82. The van der Waals surface area contributed by atoms with Gasteiger partial charge in [-0.2, -0.15) is 0 Å². The van der Waals surface area contributed by atoms with Gasteiger partial charge in [-0.3, -0.25) is 4.79 Å². The van der Waals surface area contributed by atoms with E-state index in [1.165, 1.54) is 6.07 Å². The molecule has 0 spiro atoms. The van der Waals surface area contributed by atoms with Crippen molar-refractivity contribution in [1.82, 2.24) is 0 Å². The van der Waals surface area contributed by atoms with Crippen LogP contribution >= 0.6 is 0 Å². The van der Waals surface area contributed by atoms with Crippen molar-refractivity contribution in [3.8, 4) is 0 Å². The van der Waals surface area contributed by atoms with Gasteiger partial charge in [0.15, 0.2) is 0 Å². The van der Waals surface area contributed by atoms with Crippen LogP contribution in [0.25, 0.3) is 0 Å². The fourth-order valence-electron chi connectivity index (χ4n) is 3.03. The van der Waals surface area contributed by atoms with Crippen molar-refractivity contribution in [2.75, 3.05) is 11.9 Å². The smallest absolute Gasteiger partial charge is 0.224 e. The molecule has 1 aromatic carbocycles. The number of anilines is 1. The average molecular weight is 278 g/mol. The van der Waals surface area contributed by atoms with Crippen LogP contribution in [0, 0.1) is 5.82 Å². The predicted molar refractivity (Wildman–Crippen MR) is 73.9 cm³/mol. The minimum Gasteiger partial charge on any atom is -0.373 e. The molecule has 0 bridgehead atoms. The van der Waals surface area contributed by atoms with Crippen LogP contribution in [-0.4, -0.2) is 18.1 Å². The standard InChI is InChI=1S/C15H19FN2O2/c1-15(5-2-6-20-15)14(17)10-7-9-3-4-13(19)18-12(9)8-11(10)16/h7-8,14H,2-6,17H2,1H3,(H,18,19). The molecule has 108 valence electrons. The molecule has 0 radical (unpaired) electrons. The Morgan fingerprint density at radius 2 is 2.25 bits per heavy atom. The topological polar surface area (TPSA) is 64.3 Å². The summed E-state index contributed by atoms with van der Waals surface area (Å²) in [6.45, 7) is 2.61. The maximum atomic E-state index is 14.3. The van der Waals surface area contributed by atoms with Crippen LogP contribution in [-0.2, 0) is 16.0 Å². The molecular formula is C15H19FN2O2. The highest BCUT2D eigenvalue weighted by Crippen LogP contribution is 2.38. The highest BCUT2D eigenvalue weighted by Gasteiger charge is 2.38. The highest BCUT2D eigenvalue weighted by atomic mass is 19.1. The maximum absolute atomic E-state index is 14.3. The number of hydrogen-bond donors (Lipinski definition) is 2. The molecule has 1 amide bonds. The Kier molecular flexibility index (Phi) is 3.26. The van der Waals surface area contributed by atoms with E-state index >= 15 is 0 Å². The largest absolute Gasteiger partial charge is 0.373 e. The summed E-state index contributed by atoms with van der Waals surface area (Å²) >= 11 is 0. The number of amides is 1. The first kappa shape index (κ1) is 13.5. The van der Waals surface area contributed by atoms with E-state index in [-0.39, 0.29) is 11.7 Å². The number of ether oxygens (including phenoxy) is 1. The van der Waals surface area contributed by atoms with Crippen molar-refractivity contribution in [3.05, 3.63) is 29.1 Å². The number of halogens is 1. The number of rotatable bonds is 2. The molecule has 0 saturated carbocycles. The molecule has 2 atom stereocenters. The second-order valence-corrected chi connectivity index (χ2v) is 5.82. The number of aryl methyl sites for hydroxylation is 1. The van der Waals surface area contributed by atoms with E-state index in [2.05, 4.69) is 5.32 Å². The zero-order chi connectivity index (χ0) is 14.3. The van der Waals surface area contributed by atoms with Crippen LogP contribution < -0.4 is 11.1 Å². The zero-order valence-electron chi connectivity index (χ0n) is 11.5. The Balaban J connectivity index is 1.96. The first-order chi connectivity index (χ1) is 9.49. The van der Waals surface area contributed by atoms with Crippen molar-refractivity contribution in [1.29, 1.82) is 0 Å². The number of nitrogens with two attached hydrogens (primary N) is 1. The third-order valence-corrected chi connectivity index (χ3v) is 4.36. The van der Waals surface area contributed by atoms with Crippen molar-refractivity contribution in [3.63, 3.8) is 0 Å². The fourth-order valence-corrected chi connectivity index (χ4v) is 3.03. The minimum atomic E-state index is -0.507. The molecule has 0 aliphatic carbocycles. The van der Waals surface area contributed by atoms with Gasteiger partial charge in [0.25, 0.3) is 0 Å². The SMILES string of the molecule is CC1(C(N)c2cc3c(cc2F)NC(=O)CC3)CCCO1. The summed E-state index contributed by atoms with van der Waals surface area (Å²) in [7, 11) is 0. The monoisotopic (exact) mass is 278 g/mol. The van der Waals surface area contributed by atoms with Crippen LogP contribution in [0.5, 0.6) is 0 Å². The Hall–Kier alpha value is -1.46. The average Bonchev–Trinajstić information content (AvgIpc) is 2.85. The molecule has 0 aromatic heterocycles. The number of carbonyl (C=O) groups is 1. The molecule has 4 nitrogen and oxygen atoms in total. The number of fused-ring (bicyclic) bond motifs is 1. The molecule has 3 N–H and O–H groups in total. The molecule has 2 heterocycles. The lowest BCUT2D eigenvalue weighted by atomic mass is 9.86. The third kappa shape index (κ3) is 2.21. The van der Waals surface area contributed by atoms with Crippen molar-refractivity contribution in [2.45, 2.75) is 44.2 Å². The maximum Gasteiger partial charge on any atom is 0.224 e. The fraction of sp³-hybridized carbons (Fsp3) is 0.533. The Bertz CT molecular complexity index is 553. The lowest BCUT2D eigenvalue weighted by Gasteiger charge is -2.31. The molecule has 3 rings (SSSR count). The summed E-state index contributed by atoms with van der Waals surface area (Å²) in [5.41, 5.74) is 7.72. The summed E-state index contributed by atoms with van der Waals surface area (Å²) in [6, 6.07) is 2.66. The Morgan fingerprint density at radius 3 is 2.95 bits per heavy atom. The molecule has 2 aliphatic rings. The van der Waals surface area contributed by atoms with Gasteiger partial charge >= 0.3 is 0 Å². The molecular weight excluding hydrogens is 259 g/mol. The van der Waals surface area contributed by atoms with E-state index in [0.717, 1.165) is 18.4 Å². The third-order valence-electron chi connectivity index (χ3n) is 4.36. The first-order valence-electron chi connectivity index (χ1n) is 7.01. The molecule has 2 aliphatic heterocycles. The second kappa shape index (κ2) is 4.82. The van der Waals surface area contributed by atoms with E-state index in [9.17, 15) is 9.18 Å². The number of hydrogen-bond acceptors (Lipinski definition) is 3. The van der Waals surface area contributed by atoms with E-state index in [4.69, 9.17) is 10.5 Å². The van der Waals surface area contributed by atoms with Gasteiger partial charge in [0.05, 0.1) is 11.6 Å². The molecule has 1 saturated heterocycles. The van der Waals surface area contributed by atoms with E-state index in [0.29, 0.717) is 30.7 Å². The van der Waals surface area contributed by atoms with Gasteiger partial charge < -0.3 is 15.8 Å². The van der Waals surface area contributed by atoms with Gasteiger partial charge in [0.1, 0.15) is 5.82 Å². The first-order valence-corrected chi connectivity index (χ1v) is 7.01. The summed E-state index contributed by atoms with van der Waals surface area (Å²) in [5.74, 6) is -0.449. The van der Waals surface area contributed by atoms with Gasteiger partial charge in [0.2, 0.25) is 5.91 Å². The lowest BCUT2D eigenvalue weighted by molar-refractivity contribution is -0.116. The minimum absolute atomic E-state index is 0.0694. The van der Waals surface area contributed by atoms with Crippen LogP contribution in [0.3, 0.4) is 0 Å². The van der Waals surface area contributed by atoms with Crippen LogP contribution in [0.15, 0.2) is 12.1 Å². The van der Waals surface area contributed by atoms with E-state index in [1.807, 2.05) is 6.92 Å². The van der Waals surface area contributed by atoms with Crippen molar-refractivity contribution < 1.29 is 13.9 Å². The van der Waals surface area contributed by atoms with Crippen molar-refractivity contribution >= 4 is 11.6 Å². The van der Waals surface area contributed by atoms with Crippen LogP contribution in [0.4, 0.5) is 10.1 Å². The zero-order valence-corrected chi connectivity index (χ0v) is 11.5. The molecule has 20 heavy (non-hydrogen) atoms. The van der Waals surface area contributed by atoms with Gasteiger partial charge in [-0.25, -0.2) is 4.39 Å². The molecule has 1 fully saturated rings. The summed E-state index contributed by atoms with van der Waals surface area (Å²) < 4.78 is 20.0. The number of nitrogens with one attached hydrogen (secondary N) is 1. The lowest BCUT2D eigenvalue weighted by Crippen LogP contribution is -2.38. The summed E-state index contributed by atoms with van der Waals surface area (Å²) in [5, 5.41) is 2.69. The van der Waals surface area contributed by atoms with Gasteiger partial charge in [-0.15, -0.1) is 0 Å². The Labute approximate surface area is 117 Å². The highest BCUT2D eigenvalue weighted by molar-refractivity contribution is 5.93. The van der Waals surface area contributed by atoms with Gasteiger partial charge in [0, 0.05) is 24.3 Å². The van der Waals surface area contributed by atoms with E-state index in [1.54, 1.807) is 6.07 Å². The van der Waals surface area contributed by atoms with Crippen molar-refractivity contribution in [2.24, 2.45) is 5.73 Å². The van der Waals surface area contributed by atoms with Crippen LogP contribution in [0.2, 0.25) is 0 Å². The number of carbonyl (C=O) groups excluding carboxylic acids is 1. The van der Waals surface area contributed by atoms with Gasteiger partial charge in [-0.05, 0) is 43.9 Å². The normalized spacial score (nSPS) is 27.1. The Morgan fingerprint density at radius 1 is 1.45 bits per heavy atom.